The fourth-order valence-corrected chi connectivity index (χ4v) is 4.99. The second kappa shape index (κ2) is 11.6. The third-order valence-corrected chi connectivity index (χ3v) is 6.76. The van der Waals surface area contributed by atoms with E-state index < -0.39 is 0 Å². The zero-order valence-corrected chi connectivity index (χ0v) is 22.0. The molecular weight excluding hydrogens is 549 g/mol. The van der Waals surface area contributed by atoms with Gasteiger partial charge in [-0.2, -0.15) is 0 Å². The molecule has 0 N–H and O–H groups in total. The summed E-state index contributed by atoms with van der Waals surface area (Å²) in [4.78, 5) is 26.8. The summed E-state index contributed by atoms with van der Waals surface area (Å²) in [5.41, 5.74) is 2.39. The highest BCUT2D eigenvalue weighted by molar-refractivity contribution is 9.10. The lowest BCUT2D eigenvalue weighted by Gasteiger charge is -2.14. The van der Waals surface area contributed by atoms with E-state index in [1.165, 1.54) is 24.1 Å². The van der Waals surface area contributed by atoms with Gasteiger partial charge in [-0.25, -0.2) is 4.39 Å². The van der Waals surface area contributed by atoms with Crippen LogP contribution in [0.15, 0.2) is 70.0 Å². The van der Waals surface area contributed by atoms with Crippen molar-refractivity contribution < 1.29 is 28.2 Å². The highest BCUT2D eigenvalue weighted by atomic mass is 79.9. The lowest BCUT2D eigenvalue weighted by atomic mass is 10.1. The van der Waals surface area contributed by atoms with Crippen LogP contribution in [0.4, 0.5) is 9.18 Å². The first-order valence-electron chi connectivity index (χ1n) is 11.0. The normalized spacial score (nSPS) is 14.4. The fourth-order valence-electron chi connectivity index (χ4n) is 3.55. The van der Waals surface area contributed by atoms with Gasteiger partial charge in [0.25, 0.3) is 11.1 Å². The summed E-state index contributed by atoms with van der Waals surface area (Å²) in [5.74, 6) is 0.847. The number of benzene rings is 3. The average molecular weight is 572 g/mol. The summed E-state index contributed by atoms with van der Waals surface area (Å²) in [6, 6.07) is 17.2. The van der Waals surface area contributed by atoms with Gasteiger partial charge in [-0.05, 0) is 93.8 Å². The van der Waals surface area contributed by atoms with E-state index in [-0.39, 0.29) is 36.7 Å². The van der Waals surface area contributed by atoms with E-state index in [1.807, 2.05) is 31.2 Å². The van der Waals surface area contributed by atoms with Crippen LogP contribution in [0.3, 0.4) is 0 Å². The molecule has 0 aliphatic carbocycles. The number of thioether (sulfide) groups is 1. The molecule has 0 radical (unpaired) electrons. The third kappa shape index (κ3) is 6.27. The minimum atomic E-state index is -0.376. The van der Waals surface area contributed by atoms with Crippen molar-refractivity contribution in [3.63, 3.8) is 0 Å². The largest absolute Gasteiger partial charge is 0.493 e. The molecule has 36 heavy (non-hydrogen) atoms. The Kier molecular flexibility index (Phi) is 8.32. The Morgan fingerprint density at radius 1 is 1.06 bits per heavy atom. The number of halogens is 2. The van der Waals surface area contributed by atoms with Gasteiger partial charge in [-0.1, -0.05) is 24.3 Å². The number of hydrogen-bond donors (Lipinski definition) is 0. The van der Waals surface area contributed by atoms with E-state index in [0.29, 0.717) is 37.8 Å². The van der Waals surface area contributed by atoms with Crippen molar-refractivity contribution in [2.45, 2.75) is 13.5 Å². The van der Waals surface area contributed by atoms with Crippen LogP contribution in [-0.4, -0.2) is 36.3 Å². The molecular formula is C27H23BrFNO5S. The maximum absolute atomic E-state index is 13.5. The molecule has 1 fully saturated rings. The molecule has 0 bridgehead atoms. The Labute approximate surface area is 221 Å². The highest BCUT2D eigenvalue weighted by Crippen LogP contribution is 2.39. The summed E-state index contributed by atoms with van der Waals surface area (Å²) < 4.78 is 31.1. The van der Waals surface area contributed by atoms with Crippen molar-refractivity contribution in [1.82, 2.24) is 4.90 Å². The number of imide groups is 1. The fraction of sp³-hybridized carbons (Fsp3) is 0.185. The average Bonchev–Trinajstić information content (AvgIpc) is 3.10. The topological polar surface area (TPSA) is 65.1 Å². The van der Waals surface area contributed by atoms with E-state index in [2.05, 4.69) is 15.9 Å². The SMILES string of the molecule is COc1cc(/C=C2\SC(=O)N(CCOc3cccc(C)c3)C2=O)cc(Br)c1OCc1cccc(F)c1. The van der Waals surface area contributed by atoms with E-state index in [4.69, 9.17) is 14.2 Å². The number of rotatable bonds is 9. The summed E-state index contributed by atoms with van der Waals surface area (Å²) in [6.07, 6.45) is 1.63. The molecule has 4 rings (SSSR count). The summed E-state index contributed by atoms with van der Waals surface area (Å²) in [5, 5.41) is -0.347. The first kappa shape index (κ1) is 25.8. The van der Waals surface area contributed by atoms with Crippen LogP contribution < -0.4 is 14.2 Å². The van der Waals surface area contributed by atoms with Crippen molar-refractivity contribution in [3.05, 3.63) is 92.5 Å². The number of carbonyl (C=O) groups is 2. The Morgan fingerprint density at radius 2 is 1.86 bits per heavy atom. The van der Waals surface area contributed by atoms with Gasteiger partial charge < -0.3 is 14.2 Å². The standard InChI is InChI=1S/C27H23BrFNO5S/c1-17-5-3-8-21(11-17)34-10-9-30-26(31)24(36-27(30)32)15-19-13-22(28)25(23(14-19)33-2)35-16-18-6-4-7-20(29)12-18/h3-8,11-15H,9-10,16H2,1-2H3/b24-15-. The minimum Gasteiger partial charge on any atom is -0.493 e. The zero-order chi connectivity index (χ0) is 25.7. The van der Waals surface area contributed by atoms with Crippen LogP contribution in [0.2, 0.25) is 0 Å². The van der Waals surface area contributed by atoms with Crippen molar-refractivity contribution in [1.29, 1.82) is 0 Å². The monoisotopic (exact) mass is 571 g/mol. The zero-order valence-electron chi connectivity index (χ0n) is 19.6. The molecule has 0 atom stereocenters. The summed E-state index contributed by atoms with van der Waals surface area (Å²) in [7, 11) is 1.50. The van der Waals surface area contributed by atoms with Crippen LogP contribution in [0.5, 0.6) is 17.2 Å². The van der Waals surface area contributed by atoms with E-state index in [0.717, 1.165) is 17.3 Å². The van der Waals surface area contributed by atoms with Gasteiger partial charge in [0.05, 0.1) is 23.0 Å². The van der Waals surface area contributed by atoms with E-state index >= 15 is 0 Å². The van der Waals surface area contributed by atoms with Crippen molar-refractivity contribution in [3.8, 4) is 17.2 Å². The lowest BCUT2D eigenvalue weighted by Crippen LogP contribution is -2.32. The maximum atomic E-state index is 13.5. The predicted octanol–water partition coefficient (Wildman–Crippen LogP) is 6.60. The number of aryl methyl sites for hydroxylation is 1. The minimum absolute atomic E-state index is 0.148. The van der Waals surface area contributed by atoms with Crippen molar-refractivity contribution in [2.24, 2.45) is 0 Å². The molecule has 1 heterocycles. The number of hydrogen-bond acceptors (Lipinski definition) is 6. The van der Waals surface area contributed by atoms with Crippen molar-refractivity contribution >= 4 is 44.9 Å². The first-order valence-corrected chi connectivity index (χ1v) is 12.6. The van der Waals surface area contributed by atoms with Gasteiger partial charge in [-0.3, -0.25) is 14.5 Å². The number of amides is 2. The molecule has 0 saturated carbocycles. The Hall–Kier alpha value is -3.30. The van der Waals surface area contributed by atoms with E-state index in [1.54, 1.807) is 30.3 Å². The molecule has 1 saturated heterocycles. The van der Waals surface area contributed by atoms with Crippen LogP contribution >= 0.6 is 27.7 Å². The molecule has 6 nitrogen and oxygen atoms in total. The number of carbonyl (C=O) groups excluding carboxylic acids is 2. The van der Waals surface area contributed by atoms with E-state index in [9.17, 15) is 14.0 Å². The second-order valence-electron chi connectivity index (χ2n) is 7.95. The number of ether oxygens (including phenoxy) is 3. The molecule has 3 aromatic carbocycles. The smallest absolute Gasteiger partial charge is 0.293 e. The third-order valence-electron chi connectivity index (χ3n) is 5.27. The Balaban J connectivity index is 1.44. The molecule has 0 unspecified atom stereocenters. The van der Waals surface area contributed by atoms with Crippen LogP contribution in [-0.2, 0) is 11.4 Å². The second-order valence-corrected chi connectivity index (χ2v) is 9.80. The molecule has 3 aromatic rings. The first-order chi connectivity index (χ1) is 17.3. The summed E-state index contributed by atoms with van der Waals surface area (Å²) >= 11 is 4.36. The van der Waals surface area contributed by atoms with Gasteiger partial charge in [0.1, 0.15) is 24.8 Å². The molecule has 0 aromatic heterocycles. The van der Waals surface area contributed by atoms with Gasteiger partial charge >= 0.3 is 0 Å². The number of methoxy groups -OCH3 is 1. The van der Waals surface area contributed by atoms with Crippen molar-refractivity contribution in [2.75, 3.05) is 20.3 Å². The van der Waals surface area contributed by atoms with Gasteiger partial charge in [0, 0.05) is 0 Å². The predicted molar refractivity (Wildman–Crippen MR) is 141 cm³/mol. The number of nitrogens with zero attached hydrogens (tertiary/aromatic N) is 1. The molecule has 1 aliphatic rings. The lowest BCUT2D eigenvalue weighted by molar-refractivity contribution is -0.123. The van der Waals surface area contributed by atoms with Gasteiger partial charge in [0.15, 0.2) is 11.5 Å². The van der Waals surface area contributed by atoms with Crippen LogP contribution in [0.1, 0.15) is 16.7 Å². The molecule has 9 heteroatoms. The quantitative estimate of drug-likeness (QED) is 0.269. The Morgan fingerprint density at radius 3 is 2.61 bits per heavy atom. The molecule has 1 aliphatic heterocycles. The van der Waals surface area contributed by atoms with Crippen LogP contribution in [0, 0.1) is 12.7 Å². The molecule has 0 spiro atoms. The molecule has 2 amide bonds. The van der Waals surface area contributed by atoms with Gasteiger partial charge in [-0.15, -0.1) is 0 Å². The Bertz CT molecular complexity index is 1330. The molecule has 186 valence electrons. The summed E-state index contributed by atoms with van der Waals surface area (Å²) in [6.45, 7) is 2.46. The highest BCUT2D eigenvalue weighted by Gasteiger charge is 2.35. The van der Waals surface area contributed by atoms with Crippen LogP contribution in [0.25, 0.3) is 6.08 Å². The van der Waals surface area contributed by atoms with Gasteiger partial charge in [0.2, 0.25) is 0 Å². The maximum Gasteiger partial charge on any atom is 0.293 e.